The van der Waals surface area contributed by atoms with Gasteiger partial charge >= 0.3 is 0 Å². The number of amides is 1. The Balaban J connectivity index is 1.50. The van der Waals surface area contributed by atoms with E-state index in [-0.39, 0.29) is 11.1 Å². The number of piperazine rings is 1. The highest BCUT2D eigenvalue weighted by Gasteiger charge is 2.26. The van der Waals surface area contributed by atoms with Crippen molar-refractivity contribution in [1.29, 1.82) is 0 Å². The molecule has 3 heterocycles. The van der Waals surface area contributed by atoms with Gasteiger partial charge in [-0.15, -0.1) is 0 Å². The summed E-state index contributed by atoms with van der Waals surface area (Å²) in [6.07, 6.45) is 4.15. The van der Waals surface area contributed by atoms with Crippen molar-refractivity contribution in [2.75, 3.05) is 39.3 Å². The van der Waals surface area contributed by atoms with Gasteiger partial charge in [0, 0.05) is 39.3 Å². The smallest absolute Gasteiger partial charge is 0.258 e. The summed E-state index contributed by atoms with van der Waals surface area (Å²) in [4.78, 5) is 16.5. The monoisotopic (exact) mass is 298 g/mol. The van der Waals surface area contributed by atoms with Crippen molar-refractivity contribution >= 4 is 17.5 Å². The molecule has 2 saturated heterocycles. The summed E-state index contributed by atoms with van der Waals surface area (Å²) in [6.45, 7) is 5.11. The number of rotatable bonds is 3. The van der Waals surface area contributed by atoms with E-state index in [1.165, 1.54) is 12.7 Å². The van der Waals surface area contributed by atoms with Crippen LogP contribution in [0.15, 0.2) is 16.7 Å². The van der Waals surface area contributed by atoms with Crippen LogP contribution in [0.5, 0.6) is 0 Å². The topological polar surface area (TPSA) is 45.9 Å². The van der Waals surface area contributed by atoms with Crippen molar-refractivity contribution in [3.63, 3.8) is 0 Å². The molecule has 1 aromatic heterocycles. The quantitative estimate of drug-likeness (QED) is 0.855. The zero-order chi connectivity index (χ0) is 13.9. The highest BCUT2D eigenvalue weighted by atomic mass is 35.5. The molecule has 1 atom stereocenters. The van der Waals surface area contributed by atoms with Crippen LogP contribution >= 0.6 is 11.6 Å². The standard InChI is InChI=1S/C14H19ClN2O3/c15-13-12(3-9-20-13)14(18)17-6-4-16(5-7-17)10-11-2-1-8-19-11/h3,9,11H,1-2,4-8,10H2. The molecule has 2 aliphatic heterocycles. The van der Waals surface area contributed by atoms with E-state index in [0.717, 1.165) is 45.8 Å². The second kappa shape index (κ2) is 6.16. The molecule has 20 heavy (non-hydrogen) atoms. The number of carbonyl (C=O) groups is 1. The molecule has 2 fully saturated rings. The number of nitrogens with zero attached hydrogens (tertiary/aromatic N) is 2. The average molecular weight is 299 g/mol. The van der Waals surface area contributed by atoms with Gasteiger partial charge in [0.15, 0.2) is 0 Å². The maximum atomic E-state index is 12.3. The molecular weight excluding hydrogens is 280 g/mol. The SMILES string of the molecule is O=C(c1ccoc1Cl)N1CCN(CC2CCCO2)CC1. The van der Waals surface area contributed by atoms with Crippen molar-refractivity contribution in [3.8, 4) is 0 Å². The molecule has 0 aromatic carbocycles. The maximum Gasteiger partial charge on any atom is 0.258 e. The molecule has 0 N–H and O–H groups in total. The average Bonchev–Trinajstić information content (AvgIpc) is 3.10. The van der Waals surface area contributed by atoms with E-state index >= 15 is 0 Å². The molecule has 0 saturated carbocycles. The zero-order valence-electron chi connectivity index (χ0n) is 11.4. The molecule has 1 aromatic rings. The third-order valence-electron chi connectivity index (χ3n) is 3.99. The van der Waals surface area contributed by atoms with Crippen LogP contribution in [0, 0.1) is 0 Å². The van der Waals surface area contributed by atoms with Gasteiger partial charge < -0.3 is 14.1 Å². The summed E-state index contributed by atoms with van der Waals surface area (Å²) in [5.74, 6) is -0.0412. The fraction of sp³-hybridized carbons (Fsp3) is 0.643. The molecule has 0 spiro atoms. The van der Waals surface area contributed by atoms with Gasteiger partial charge in [0.1, 0.15) is 0 Å². The third-order valence-corrected chi connectivity index (χ3v) is 4.29. The lowest BCUT2D eigenvalue weighted by molar-refractivity contribution is 0.0432. The van der Waals surface area contributed by atoms with Gasteiger partial charge in [-0.05, 0) is 30.5 Å². The van der Waals surface area contributed by atoms with Crippen molar-refractivity contribution in [3.05, 3.63) is 23.1 Å². The van der Waals surface area contributed by atoms with Crippen LogP contribution in [0.1, 0.15) is 23.2 Å². The van der Waals surface area contributed by atoms with Crippen molar-refractivity contribution in [2.24, 2.45) is 0 Å². The number of halogens is 1. The summed E-state index contributed by atoms with van der Waals surface area (Å²) in [7, 11) is 0. The molecule has 0 radical (unpaired) electrons. The Morgan fingerprint density at radius 1 is 1.35 bits per heavy atom. The van der Waals surface area contributed by atoms with Crippen LogP contribution in [0.4, 0.5) is 0 Å². The Kier molecular flexibility index (Phi) is 4.29. The zero-order valence-corrected chi connectivity index (χ0v) is 12.1. The molecule has 6 heteroatoms. The first kappa shape index (κ1) is 13.9. The molecular formula is C14H19ClN2O3. The number of hydrogen-bond acceptors (Lipinski definition) is 4. The van der Waals surface area contributed by atoms with Gasteiger partial charge in [0.05, 0.1) is 17.9 Å². The second-order valence-electron chi connectivity index (χ2n) is 5.34. The summed E-state index contributed by atoms with van der Waals surface area (Å²) in [6, 6.07) is 1.63. The first-order valence-electron chi connectivity index (χ1n) is 7.10. The minimum Gasteiger partial charge on any atom is -0.452 e. The molecule has 0 bridgehead atoms. The predicted molar refractivity (Wildman–Crippen MR) is 75.0 cm³/mol. The largest absolute Gasteiger partial charge is 0.452 e. The molecule has 2 aliphatic rings. The van der Waals surface area contributed by atoms with Crippen molar-refractivity contribution in [2.45, 2.75) is 18.9 Å². The van der Waals surface area contributed by atoms with Gasteiger partial charge in [0.25, 0.3) is 5.91 Å². The van der Waals surface area contributed by atoms with Crippen LogP contribution in [0.2, 0.25) is 5.22 Å². The van der Waals surface area contributed by atoms with Crippen LogP contribution in [-0.2, 0) is 4.74 Å². The van der Waals surface area contributed by atoms with E-state index in [4.69, 9.17) is 20.8 Å². The van der Waals surface area contributed by atoms with Crippen molar-refractivity contribution < 1.29 is 13.9 Å². The Bertz CT molecular complexity index is 463. The molecule has 5 nitrogen and oxygen atoms in total. The normalized spacial score (nSPS) is 24.2. The number of carbonyl (C=O) groups excluding carboxylic acids is 1. The van der Waals surface area contributed by atoms with Gasteiger partial charge in [-0.3, -0.25) is 9.69 Å². The lowest BCUT2D eigenvalue weighted by atomic mass is 10.2. The summed E-state index contributed by atoms with van der Waals surface area (Å²) < 4.78 is 10.6. The van der Waals surface area contributed by atoms with E-state index in [1.807, 2.05) is 4.90 Å². The Morgan fingerprint density at radius 3 is 2.75 bits per heavy atom. The van der Waals surface area contributed by atoms with E-state index in [1.54, 1.807) is 6.07 Å². The Labute approximate surface area is 123 Å². The highest BCUT2D eigenvalue weighted by Crippen LogP contribution is 2.20. The lowest BCUT2D eigenvalue weighted by Gasteiger charge is -2.35. The van der Waals surface area contributed by atoms with Gasteiger partial charge in [0.2, 0.25) is 5.22 Å². The number of furan rings is 1. The van der Waals surface area contributed by atoms with Crippen LogP contribution in [0.3, 0.4) is 0 Å². The Hall–Kier alpha value is -1.04. The summed E-state index contributed by atoms with van der Waals surface area (Å²) >= 11 is 5.85. The molecule has 0 aliphatic carbocycles. The van der Waals surface area contributed by atoms with E-state index < -0.39 is 0 Å². The first-order valence-corrected chi connectivity index (χ1v) is 7.48. The molecule has 1 amide bonds. The maximum absolute atomic E-state index is 12.3. The first-order chi connectivity index (χ1) is 9.74. The number of ether oxygens (including phenoxy) is 1. The number of hydrogen-bond donors (Lipinski definition) is 0. The van der Waals surface area contributed by atoms with E-state index in [0.29, 0.717) is 11.7 Å². The van der Waals surface area contributed by atoms with Crippen LogP contribution in [-0.4, -0.2) is 61.1 Å². The predicted octanol–water partition coefficient (Wildman–Crippen LogP) is 1.87. The third kappa shape index (κ3) is 3.00. The van der Waals surface area contributed by atoms with E-state index in [2.05, 4.69) is 4.90 Å². The van der Waals surface area contributed by atoms with Crippen LogP contribution < -0.4 is 0 Å². The fourth-order valence-corrected chi connectivity index (χ4v) is 3.02. The molecule has 3 rings (SSSR count). The van der Waals surface area contributed by atoms with Gasteiger partial charge in [-0.25, -0.2) is 0 Å². The minimum atomic E-state index is -0.0412. The van der Waals surface area contributed by atoms with E-state index in [9.17, 15) is 4.79 Å². The van der Waals surface area contributed by atoms with Gasteiger partial charge in [-0.1, -0.05) is 0 Å². The van der Waals surface area contributed by atoms with Gasteiger partial charge in [-0.2, -0.15) is 0 Å². The summed E-state index contributed by atoms with van der Waals surface area (Å²) in [5.41, 5.74) is 0.458. The Morgan fingerprint density at radius 2 is 2.15 bits per heavy atom. The fourth-order valence-electron chi connectivity index (χ4n) is 2.83. The molecule has 1 unspecified atom stereocenters. The second-order valence-corrected chi connectivity index (χ2v) is 5.68. The lowest BCUT2D eigenvalue weighted by Crippen LogP contribution is -2.50. The highest BCUT2D eigenvalue weighted by molar-refractivity contribution is 6.32. The van der Waals surface area contributed by atoms with Crippen molar-refractivity contribution in [1.82, 2.24) is 9.80 Å². The minimum absolute atomic E-state index is 0.0412. The van der Waals surface area contributed by atoms with Crippen LogP contribution in [0.25, 0.3) is 0 Å². The molecule has 110 valence electrons. The summed E-state index contributed by atoms with van der Waals surface area (Å²) in [5, 5.41) is 0.178.